The fourth-order valence-electron chi connectivity index (χ4n) is 3.41. The summed E-state index contributed by atoms with van der Waals surface area (Å²) in [5.41, 5.74) is 0. The van der Waals surface area contributed by atoms with Crippen LogP contribution in [-0.2, 0) is 9.47 Å². The number of rotatable bonds is 6. The predicted octanol–water partition coefficient (Wildman–Crippen LogP) is 2.60. The molecule has 0 bridgehead atoms. The van der Waals surface area contributed by atoms with E-state index in [-0.39, 0.29) is 0 Å². The normalized spacial score (nSPS) is 34.7. The molecule has 1 saturated carbocycles. The molecule has 1 saturated heterocycles. The molecule has 18 heavy (non-hydrogen) atoms. The van der Waals surface area contributed by atoms with E-state index in [1.807, 2.05) is 7.05 Å². The van der Waals surface area contributed by atoms with Crippen LogP contribution in [0.1, 0.15) is 45.4 Å². The van der Waals surface area contributed by atoms with Crippen LogP contribution in [0.15, 0.2) is 0 Å². The van der Waals surface area contributed by atoms with E-state index < -0.39 is 0 Å². The molecule has 1 heterocycles. The first-order valence-electron chi connectivity index (χ1n) is 7.71. The quantitative estimate of drug-likeness (QED) is 0.791. The maximum atomic E-state index is 6.23. The van der Waals surface area contributed by atoms with Crippen molar-refractivity contribution < 1.29 is 9.47 Å². The summed E-state index contributed by atoms with van der Waals surface area (Å²) >= 11 is 0. The molecular formula is C15H29NO2. The Hall–Kier alpha value is -0.120. The first-order chi connectivity index (χ1) is 8.85. The molecule has 2 rings (SSSR count). The van der Waals surface area contributed by atoms with Crippen LogP contribution in [-0.4, -0.2) is 39.0 Å². The third-order valence-corrected chi connectivity index (χ3v) is 4.76. The maximum absolute atomic E-state index is 6.23. The number of likely N-dealkylation sites (N-methyl/N-ethyl adjacent to an activating group) is 1. The summed E-state index contributed by atoms with van der Waals surface area (Å²) in [5, 5.41) is 3.41. The van der Waals surface area contributed by atoms with Crippen molar-refractivity contribution in [2.24, 2.45) is 11.8 Å². The first-order valence-corrected chi connectivity index (χ1v) is 7.71. The van der Waals surface area contributed by atoms with Gasteiger partial charge >= 0.3 is 0 Å². The highest BCUT2D eigenvalue weighted by molar-refractivity contribution is 4.80. The molecule has 0 spiro atoms. The fourth-order valence-corrected chi connectivity index (χ4v) is 3.41. The first kappa shape index (κ1) is 14.3. The standard InChI is InChI=1S/C15H29NO2/c1-3-12-6-4-5-7-15(12)18-11-14(16-2)13-8-9-17-10-13/h12-16H,3-11H2,1-2H3. The minimum absolute atomic E-state index is 0.465. The summed E-state index contributed by atoms with van der Waals surface area (Å²) in [5.74, 6) is 1.43. The van der Waals surface area contributed by atoms with Crippen LogP contribution in [0.3, 0.4) is 0 Å². The zero-order valence-corrected chi connectivity index (χ0v) is 12.0. The van der Waals surface area contributed by atoms with Crippen LogP contribution >= 0.6 is 0 Å². The summed E-state index contributed by atoms with van der Waals surface area (Å²) in [6.45, 7) is 4.97. The third-order valence-electron chi connectivity index (χ3n) is 4.76. The molecule has 0 aromatic carbocycles. The van der Waals surface area contributed by atoms with Crippen LogP contribution in [0, 0.1) is 11.8 Å². The Morgan fingerprint density at radius 3 is 2.78 bits per heavy atom. The van der Waals surface area contributed by atoms with E-state index in [1.54, 1.807) is 0 Å². The van der Waals surface area contributed by atoms with Gasteiger partial charge < -0.3 is 14.8 Å². The van der Waals surface area contributed by atoms with Gasteiger partial charge in [-0.3, -0.25) is 0 Å². The largest absolute Gasteiger partial charge is 0.381 e. The number of ether oxygens (including phenoxy) is 2. The highest BCUT2D eigenvalue weighted by Gasteiger charge is 2.28. The minimum atomic E-state index is 0.465. The maximum Gasteiger partial charge on any atom is 0.0627 e. The summed E-state index contributed by atoms with van der Waals surface area (Å²) in [7, 11) is 2.05. The zero-order chi connectivity index (χ0) is 12.8. The lowest BCUT2D eigenvalue weighted by atomic mass is 9.84. The van der Waals surface area contributed by atoms with Crippen molar-refractivity contribution in [2.45, 2.75) is 57.6 Å². The molecule has 4 unspecified atom stereocenters. The molecular weight excluding hydrogens is 226 g/mol. The van der Waals surface area contributed by atoms with Crippen LogP contribution in [0.4, 0.5) is 0 Å². The van der Waals surface area contributed by atoms with Gasteiger partial charge in [0.15, 0.2) is 0 Å². The summed E-state index contributed by atoms with van der Waals surface area (Å²) in [6, 6.07) is 0.465. The van der Waals surface area contributed by atoms with E-state index in [0.717, 1.165) is 25.7 Å². The van der Waals surface area contributed by atoms with Crippen molar-refractivity contribution in [1.29, 1.82) is 0 Å². The minimum Gasteiger partial charge on any atom is -0.381 e. The molecule has 3 heteroatoms. The summed E-state index contributed by atoms with van der Waals surface area (Å²) < 4.78 is 11.7. The van der Waals surface area contributed by atoms with Crippen LogP contribution < -0.4 is 5.32 Å². The molecule has 0 aromatic heterocycles. The van der Waals surface area contributed by atoms with Gasteiger partial charge in [0.05, 0.1) is 19.3 Å². The molecule has 0 amide bonds. The molecule has 2 fully saturated rings. The number of hydrogen-bond acceptors (Lipinski definition) is 3. The van der Waals surface area contributed by atoms with Gasteiger partial charge in [0.25, 0.3) is 0 Å². The molecule has 1 aliphatic carbocycles. The average molecular weight is 255 g/mol. The van der Waals surface area contributed by atoms with Crippen molar-refractivity contribution in [1.82, 2.24) is 5.32 Å². The SMILES string of the molecule is CCC1CCCCC1OCC(NC)C1CCOC1. The van der Waals surface area contributed by atoms with Gasteiger partial charge in [-0.05, 0) is 32.2 Å². The summed E-state index contributed by atoms with van der Waals surface area (Å²) in [6.07, 6.45) is 8.30. The van der Waals surface area contributed by atoms with Crippen molar-refractivity contribution >= 4 is 0 Å². The van der Waals surface area contributed by atoms with Crippen LogP contribution in [0.25, 0.3) is 0 Å². The van der Waals surface area contributed by atoms with E-state index in [4.69, 9.17) is 9.47 Å². The van der Waals surface area contributed by atoms with E-state index in [2.05, 4.69) is 12.2 Å². The van der Waals surface area contributed by atoms with Gasteiger partial charge in [0.2, 0.25) is 0 Å². The Labute approximate surface area is 112 Å². The van der Waals surface area contributed by atoms with Gasteiger partial charge in [-0.15, -0.1) is 0 Å². The summed E-state index contributed by atoms with van der Waals surface area (Å²) in [4.78, 5) is 0. The van der Waals surface area contributed by atoms with Gasteiger partial charge in [0.1, 0.15) is 0 Å². The van der Waals surface area contributed by atoms with Crippen molar-refractivity contribution in [2.75, 3.05) is 26.9 Å². The van der Waals surface area contributed by atoms with E-state index in [1.165, 1.54) is 38.5 Å². The smallest absolute Gasteiger partial charge is 0.0627 e. The van der Waals surface area contributed by atoms with Gasteiger partial charge in [-0.2, -0.15) is 0 Å². The van der Waals surface area contributed by atoms with E-state index >= 15 is 0 Å². The molecule has 1 aliphatic heterocycles. The second-order valence-electron chi connectivity index (χ2n) is 5.84. The van der Waals surface area contributed by atoms with E-state index in [0.29, 0.717) is 18.1 Å². The second kappa shape index (κ2) is 7.46. The fraction of sp³-hybridized carbons (Fsp3) is 1.00. The average Bonchev–Trinajstić information content (AvgIpc) is 2.94. The Kier molecular flexibility index (Phi) is 5.93. The molecule has 0 radical (unpaired) electrons. The molecule has 106 valence electrons. The lowest BCUT2D eigenvalue weighted by Crippen LogP contribution is -2.40. The Balaban J connectivity index is 1.77. The van der Waals surface area contributed by atoms with E-state index in [9.17, 15) is 0 Å². The molecule has 1 N–H and O–H groups in total. The number of hydrogen-bond donors (Lipinski definition) is 1. The molecule has 0 aromatic rings. The Bertz CT molecular complexity index is 225. The Morgan fingerprint density at radius 1 is 1.28 bits per heavy atom. The Morgan fingerprint density at radius 2 is 2.11 bits per heavy atom. The third kappa shape index (κ3) is 3.69. The van der Waals surface area contributed by atoms with Crippen molar-refractivity contribution in [3.05, 3.63) is 0 Å². The molecule has 2 aliphatic rings. The van der Waals surface area contributed by atoms with Crippen molar-refractivity contribution in [3.8, 4) is 0 Å². The van der Waals surface area contributed by atoms with Gasteiger partial charge in [-0.1, -0.05) is 26.2 Å². The monoisotopic (exact) mass is 255 g/mol. The van der Waals surface area contributed by atoms with Gasteiger partial charge in [0, 0.05) is 18.6 Å². The molecule has 3 nitrogen and oxygen atoms in total. The van der Waals surface area contributed by atoms with Crippen LogP contribution in [0.5, 0.6) is 0 Å². The zero-order valence-electron chi connectivity index (χ0n) is 12.0. The highest BCUT2D eigenvalue weighted by Crippen LogP contribution is 2.29. The molecule has 4 atom stereocenters. The number of nitrogens with one attached hydrogen (secondary N) is 1. The topological polar surface area (TPSA) is 30.5 Å². The predicted molar refractivity (Wildman–Crippen MR) is 73.8 cm³/mol. The van der Waals surface area contributed by atoms with Crippen LogP contribution in [0.2, 0.25) is 0 Å². The van der Waals surface area contributed by atoms with Gasteiger partial charge in [-0.25, -0.2) is 0 Å². The lowest BCUT2D eigenvalue weighted by molar-refractivity contribution is -0.0274. The second-order valence-corrected chi connectivity index (χ2v) is 5.84. The highest BCUT2D eigenvalue weighted by atomic mass is 16.5. The lowest BCUT2D eigenvalue weighted by Gasteiger charge is -2.33. The van der Waals surface area contributed by atoms with Crippen molar-refractivity contribution in [3.63, 3.8) is 0 Å².